The Bertz CT molecular complexity index is 1030. The number of likely N-dealkylation sites (tertiary alicyclic amines) is 1. The van der Waals surface area contributed by atoms with Gasteiger partial charge in [-0.2, -0.15) is 5.10 Å². The van der Waals surface area contributed by atoms with E-state index in [1.165, 1.54) is 17.4 Å². The summed E-state index contributed by atoms with van der Waals surface area (Å²) in [6.45, 7) is 1.63. The summed E-state index contributed by atoms with van der Waals surface area (Å²) in [4.78, 5) is 27.4. The lowest BCUT2D eigenvalue weighted by Gasteiger charge is -2.20. The molecule has 0 N–H and O–H groups in total. The highest BCUT2D eigenvalue weighted by Crippen LogP contribution is 2.21. The Morgan fingerprint density at radius 3 is 2.46 bits per heavy atom. The smallest absolute Gasteiger partial charge is 0.277 e. The van der Waals surface area contributed by atoms with Crippen LogP contribution < -0.4 is 10.3 Å². The molecule has 146 valence electrons. The zero-order chi connectivity index (χ0) is 19.5. The molecule has 0 bridgehead atoms. The van der Waals surface area contributed by atoms with Crippen molar-refractivity contribution in [1.82, 2.24) is 19.1 Å². The summed E-state index contributed by atoms with van der Waals surface area (Å²) >= 11 is 0. The minimum absolute atomic E-state index is 0.00300. The standard InChI is InChI=1S/C21H24N4O3/c1-28-17-8-6-16(7-9-17)18-14-19-21(27)24(12-13-25(19)22-18)15-20(26)23-10-4-2-3-5-11-23/h6-9,12-14H,2-5,10-11,15H2,1H3. The van der Waals surface area contributed by atoms with Crippen LogP contribution in [0, 0.1) is 0 Å². The normalized spacial score (nSPS) is 14.8. The summed E-state index contributed by atoms with van der Waals surface area (Å²) < 4.78 is 8.22. The Labute approximate surface area is 163 Å². The largest absolute Gasteiger partial charge is 0.497 e. The first-order chi connectivity index (χ1) is 13.7. The van der Waals surface area contributed by atoms with E-state index in [0.29, 0.717) is 11.2 Å². The summed E-state index contributed by atoms with van der Waals surface area (Å²) in [7, 11) is 1.62. The van der Waals surface area contributed by atoms with Gasteiger partial charge in [-0.1, -0.05) is 12.8 Å². The number of benzene rings is 1. The fourth-order valence-electron chi connectivity index (χ4n) is 3.62. The van der Waals surface area contributed by atoms with Crippen LogP contribution in [0.2, 0.25) is 0 Å². The maximum Gasteiger partial charge on any atom is 0.277 e. The van der Waals surface area contributed by atoms with Crippen molar-refractivity contribution >= 4 is 11.4 Å². The van der Waals surface area contributed by atoms with Crippen LogP contribution in [0.1, 0.15) is 25.7 Å². The molecule has 0 atom stereocenters. The predicted octanol–water partition coefficient (Wildman–Crippen LogP) is 2.57. The second-order valence-electron chi connectivity index (χ2n) is 7.11. The highest BCUT2D eigenvalue weighted by molar-refractivity contribution is 5.76. The second kappa shape index (κ2) is 7.88. The molecule has 0 radical (unpaired) electrons. The molecular formula is C21H24N4O3. The molecule has 7 heteroatoms. The Kier molecular flexibility index (Phi) is 5.14. The van der Waals surface area contributed by atoms with Gasteiger partial charge in [0.2, 0.25) is 5.91 Å². The number of hydrogen-bond donors (Lipinski definition) is 0. The third-order valence-corrected chi connectivity index (χ3v) is 5.25. The minimum Gasteiger partial charge on any atom is -0.497 e. The van der Waals surface area contributed by atoms with Crippen molar-refractivity contribution in [2.75, 3.05) is 20.2 Å². The van der Waals surface area contributed by atoms with E-state index in [1.807, 2.05) is 29.2 Å². The monoisotopic (exact) mass is 380 g/mol. The second-order valence-corrected chi connectivity index (χ2v) is 7.11. The van der Waals surface area contributed by atoms with Gasteiger partial charge in [0.25, 0.3) is 5.56 Å². The van der Waals surface area contributed by atoms with E-state index in [4.69, 9.17) is 4.74 Å². The lowest BCUT2D eigenvalue weighted by atomic mass is 10.1. The zero-order valence-corrected chi connectivity index (χ0v) is 16.0. The first kappa shape index (κ1) is 18.3. The van der Waals surface area contributed by atoms with Gasteiger partial charge in [0.1, 0.15) is 17.8 Å². The molecule has 3 heterocycles. The van der Waals surface area contributed by atoms with Gasteiger partial charge < -0.3 is 14.2 Å². The van der Waals surface area contributed by atoms with E-state index in [2.05, 4.69) is 5.10 Å². The van der Waals surface area contributed by atoms with Gasteiger partial charge in [0.05, 0.1) is 12.8 Å². The molecule has 1 aromatic carbocycles. The molecular weight excluding hydrogens is 356 g/mol. The van der Waals surface area contributed by atoms with Gasteiger partial charge in [-0.3, -0.25) is 9.59 Å². The average Bonchev–Trinajstić information content (AvgIpc) is 2.97. The summed E-state index contributed by atoms with van der Waals surface area (Å²) in [6, 6.07) is 9.29. The van der Waals surface area contributed by atoms with Gasteiger partial charge in [-0.25, -0.2) is 4.52 Å². The number of amides is 1. The fraction of sp³-hybridized carbons (Fsp3) is 0.381. The van der Waals surface area contributed by atoms with Gasteiger partial charge in [0, 0.05) is 31.0 Å². The lowest BCUT2D eigenvalue weighted by Crippen LogP contribution is -2.37. The molecule has 7 nitrogen and oxygen atoms in total. The van der Waals surface area contributed by atoms with Crippen LogP contribution in [0.25, 0.3) is 16.8 Å². The van der Waals surface area contributed by atoms with Crippen molar-refractivity contribution in [2.45, 2.75) is 32.2 Å². The van der Waals surface area contributed by atoms with Crippen molar-refractivity contribution in [2.24, 2.45) is 0 Å². The van der Waals surface area contributed by atoms with E-state index in [9.17, 15) is 9.59 Å². The first-order valence-corrected chi connectivity index (χ1v) is 9.67. The van der Waals surface area contributed by atoms with E-state index >= 15 is 0 Å². The molecule has 4 rings (SSSR count). The Morgan fingerprint density at radius 1 is 1.07 bits per heavy atom. The van der Waals surface area contributed by atoms with E-state index in [-0.39, 0.29) is 18.0 Å². The highest BCUT2D eigenvalue weighted by Gasteiger charge is 2.17. The number of carbonyl (C=O) groups is 1. The van der Waals surface area contributed by atoms with E-state index < -0.39 is 0 Å². The van der Waals surface area contributed by atoms with Crippen molar-refractivity contribution in [3.05, 3.63) is 53.1 Å². The third kappa shape index (κ3) is 3.65. The van der Waals surface area contributed by atoms with Crippen LogP contribution in [0.5, 0.6) is 5.75 Å². The maximum atomic E-state index is 12.9. The number of carbonyl (C=O) groups excluding carboxylic acids is 1. The third-order valence-electron chi connectivity index (χ3n) is 5.25. The number of fused-ring (bicyclic) bond motifs is 1. The maximum absolute atomic E-state index is 12.9. The Balaban J connectivity index is 1.59. The van der Waals surface area contributed by atoms with Crippen LogP contribution in [-0.4, -0.2) is 45.2 Å². The highest BCUT2D eigenvalue weighted by atomic mass is 16.5. The molecule has 0 spiro atoms. The number of rotatable bonds is 4. The average molecular weight is 380 g/mol. The summed E-state index contributed by atoms with van der Waals surface area (Å²) in [5.74, 6) is 0.769. The molecule has 3 aromatic rings. The molecule has 2 aromatic heterocycles. The zero-order valence-electron chi connectivity index (χ0n) is 16.0. The number of hydrogen-bond acceptors (Lipinski definition) is 4. The quantitative estimate of drug-likeness (QED) is 0.698. The van der Waals surface area contributed by atoms with Crippen molar-refractivity contribution in [1.29, 1.82) is 0 Å². The van der Waals surface area contributed by atoms with Gasteiger partial charge in [-0.05, 0) is 43.2 Å². The van der Waals surface area contributed by atoms with Crippen LogP contribution in [0.3, 0.4) is 0 Å². The molecule has 1 aliphatic heterocycles. The molecule has 0 saturated carbocycles. The SMILES string of the molecule is COc1ccc(-c2cc3c(=O)n(CC(=O)N4CCCCCC4)ccn3n2)cc1. The van der Waals surface area contributed by atoms with E-state index in [1.54, 1.807) is 30.1 Å². The number of methoxy groups -OCH3 is 1. The Hall–Kier alpha value is -3.09. The molecule has 0 unspecified atom stereocenters. The van der Waals surface area contributed by atoms with Crippen LogP contribution >= 0.6 is 0 Å². The van der Waals surface area contributed by atoms with Crippen molar-refractivity contribution in [3.63, 3.8) is 0 Å². The lowest BCUT2D eigenvalue weighted by molar-refractivity contribution is -0.131. The van der Waals surface area contributed by atoms with Crippen LogP contribution in [0.4, 0.5) is 0 Å². The topological polar surface area (TPSA) is 68.8 Å². The molecule has 0 aliphatic carbocycles. The Morgan fingerprint density at radius 2 is 1.79 bits per heavy atom. The fourth-order valence-corrected chi connectivity index (χ4v) is 3.62. The number of aromatic nitrogens is 3. The minimum atomic E-state index is -0.210. The number of nitrogens with zero attached hydrogens (tertiary/aromatic N) is 4. The predicted molar refractivity (Wildman–Crippen MR) is 106 cm³/mol. The summed E-state index contributed by atoms with van der Waals surface area (Å²) in [5.41, 5.74) is 1.85. The van der Waals surface area contributed by atoms with Gasteiger partial charge in [0.15, 0.2) is 0 Å². The summed E-state index contributed by atoms with van der Waals surface area (Å²) in [6.07, 6.45) is 7.76. The van der Waals surface area contributed by atoms with Crippen LogP contribution in [-0.2, 0) is 11.3 Å². The molecule has 1 fully saturated rings. The molecule has 1 amide bonds. The summed E-state index contributed by atoms with van der Waals surface area (Å²) in [5, 5.41) is 4.49. The number of ether oxygens (including phenoxy) is 1. The molecule has 28 heavy (non-hydrogen) atoms. The van der Waals surface area contributed by atoms with Gasteiger partial charge >= 0.3 is 0 Å². The van der Waals surface area contributed by atoms with Crippen molar-refractivity contribution in [3.8, 4) is 17.0 Å². The van der Waals surface area contributed by atoms with Crippen LogP contribution in [0.15, 0.2) is 47.5 Å². The first-order valence-electron chi connectivity index (χ1n) is 9.67. The molecule has 1 aliphatic rings. The van der Waals surface area contributed by atoms with Crippen molar-refractivity contribution < 1.29 is 9.53 Å². The van der Waals surface area contributed by atoms with E-state index in [0.717, 1.165) is 37.2 Å². The molecule has 1 saturated heterocycles. The van der Waals surface area contributed by atoms with Gasteiger partial charge in [-0.15, -0.1) is 0 Å².